The van der Waals surface area contributed by atoms with E-state index >= 15 is 0 Å². The Morgan fingerprint density at radius 2 is 1.65 bits per heavy atom. The second kappa shape index (κ2) is 10.6. The standard InChI is InChI=1S/C28H36N6O5S/c1-19-7-13-32(14-8-19)40(37,38)33-15-9-21(10-16-33)27(35)31-12-11-24-23(18-31)28(36)34-26(29-24)17-25(30-34)20-3-5-22(39-2)6-4-20/h3-6,17,19,21,30H,7-16,18H2,1-2H3. The first-order valence-electron chi connectivity index (χ1n) is 14.1. The topological polar surface area (TPSA) is 120 Å². The molecule has 3 aromatic rings. The van der Waals surface area contributed by atoms with E-state index in [9.17, 15) is 18.0 Å². The van der Waals surface area contributed by atoms with Crippen molar-refractivity contribution in [3.05, 3.63) is 51.9 Å². The van der Waals surface area contributed by atoms with Gasteiger partial charge in [0, 0.05) is 51.1 Å². The fourth-order valence-electron chi connectivity index (χ4n) is 6.06. The van der Waals surface area contributed by atoms with Crippen molar-refractivity contribution in [1.82, 2.24) is 28.1 Å². The Labute approximate surface area is 233 Å². The Kier molecular flexibility index (Phi) is 7.18. The molecule has 0 unspecified atom stereocenters. The van der Waals surface area contributed by atoms with Crippen LogP contribution in [0.5, 0.6) is 5.75 Å². The van der Waals surface area contributed by atoms with E-state index in [-0.39, 0.29) is 23.9 Å². The van der Waals surface area contributed by atoms with Gasteiger partial charge in [0.05, 0.1) is 30.6 Å². The second-order valence-electron chi connectivity index (χ2n) is 11.2. The van der Waals surface area contributed by atoms with Crippen LogP contribution < -0.4 is 10.3 Å². The van der Waals surface area contributed by atoms with Crippen LogP contribution in [0.25, 0.3) is 16.9 Å². The molecule has 1 aromatic carbocycles. The average Bonchev–Trinajstić information content (AvgIpc) is 3.41. The van der Waals surface area contributed by atoms with Gasteiger partial charge in [-0.1, -0.05) is 6.92 Å². The molecule has 2 aromatic heterocycles. The Balaban J connectivity index is 1.13. The second-order valence-corrected chi connectivity index (χ2v) is 13.1. The predicted octanol–water partition coefficient (Wildman–Crippen LogP) is 2.27. The van der Waals surface area contributed by atoms with Crippen molar-refractivity contribution in [3.8, 4) is 17.0 Å². The highest BCUT2D eigenvalue weighted by molar-refractivity contribution is 7.86. The molecule has 11 nitrogen and oxygen atoms in total. The van der Waals surface area contributed by atoms with Crippen LogP contribution in [0.15, 0.2) is 35.1 Å². The highest BCUT2D eigenvalue weighted by atomic mass is 32.2. The maximum Gasteiger partial charge on any atom is 0.281 e. The van der Waals surface area contributed by atoms with Gasteiger partial charge in [0.1, 0.15) is 5.75 Å². The van der Waals surface area contributed by atoms with Crippen molar-refractivity contribution in [2.45, 2.75) is 45.6 Å². The number of aromatic nitrogens is 3. The molecular formula is C28H36N6O5S. The summed E-state index contributed by atoms with van der Waals surface area (Å²) in [6.07, 6.45) is 3.26. The molecule has 12 heteroatoms. The summed E-state index contributed by atoms with van der Waals surface area (Å²) >= 11 is 0. The molecule has 0 saturated carbocycles. The Hall–Kier alpha value is -3.22. The zero-order chi connectivity index (χ0) is 28.0. The number of benzene rings is 1. The first-order valence-corrected chi connectivity index (χ1v) is 15.5. The van der Waals surface area contributed by atoms with Crippen LogP contribution in [0.1, 0.15) is 43.9 Å². The highest BCUT2D eigenvalue weighted by Gasteiger charge is 2.38. The van der Waals surface area contributed by atoms with Gasteiger partial charge in [0.2, 0.25) is 5.91 Å². The molecule has 40 heavy (non-hydrogen) atoms. The number of carbonyl (C=O) groups is 1. The minimum Gasteiger partial charge on any atom is -0.497 e. The molecule has 0 spiro atoms. The molecule has 0 aliphatic carbocycles. The van der Waals surface area contributed by atoms with E-state index in [0.717, 1.165) is 35.5 Å². The number of methoxy groups -OCH3 is 1. The number of nitrogens with zero attached hydrogens (tertiary/aromatic N) is 5. The number of ether oxygens (including phenoxy) is 1. The largest absolute Gasteiger partial charge is 0.497 e. The fraction of sp³-hybridized carbons (Fsp3) is 0.536. The first kappa shape index (κ1) is 27.0. The lowest BCUT2D eigenvalue weighted by atomic mass is 9.95. The lowest BCUT2D eigenvalue weighted by Gasteiger charge is -2.38. The Morgan fingerprint density at radius 1 is 1.00 bits per heavy atom. The van der Waals surface area contributed by atoms with E-state index in [4.69, 9.17) is 9.72 Å². The quantitative estimate of drug-likeness (QED) is 0.504. The zero-order valence-electron chi connectivity index (χ0n) is 23.0. The van der Waals surface area contributed by atoms with Gasteiger partial charge in [0.25, 0.3) is 15.8 Å². The summed E-state index contributed by atoms with van der Waals surface area (Å²) in [6, 6.07) is 9.41. The van der Waals surface area contributed by atoms with Crippen molar-refractivity contribution < 1.29 is 17.9 Å². The highest BCUT2D eigenvalue weighted by Crippen LogP contribution is 2.28. The summed E-state index contributed by atoms with van der Waals surface area (Å²) in [4.78, 5) is 33.4. The maximum absolute atomic E-state index is 13.5. The van der Waals surface area contributed by atoms with Gasteiger partial charge in [-0.05, 0) is 61.4 Å². The summed E-state index contributed by atoms with van der Waals surface area (Å²) in [5.74, 6) is 1.04. The Morgan fingerprint density at radius 3 is 2.30 bits per heavy atom. The number of piperidine rings is 2. The predicted molar refractivity (Wildman–Crippen MR) is 150 cm³/mol. The fourth-order valence-corrected chi connectivity index (χ4v) is 7.73. The van der Waals surface area contributed by atoms with Gasteiger partial charge >= 0.3 is 0 Å². The molecule has 2 saturated heterocycles. The Bertz CT molecular complexity index is 1560. The summed E-state index contributed by atoms with van der Waals surface area (Å²) in [5, 5.41) is 3.15. The molecule has 3 aliphatic rings. The van der Waals surface area contributed by atoms with Gasteiger partial charge < -0.3 is 9.64 Å². The van der Waals surface area contributed by atoms with E-state index in [1.807, 2.05) is 30.3 Å². The molecule has 1 N–H and O–H groups in total. The number of nitrogens with one attached hydrogen (secondary N) is 1. The van der Waals surface area contributed by atoms with Crippen molar-refractivity contribution in [2.24, 2.45) is 11.8 Å². The molecule has 214 valence electrons. The van der Waals surface area contributed by atoms with Crippen molar-refractivity contribution in [3.63, 3.8) is 0 Å². The van der Waals surface area contributed by atoms with Gasteiger partial charge in [-0.15, -0.1) is 0 Å². The number of carbonyl (C=O) groups excluding carboxylic acids is 1. The number of rotatable bonds is 5. The first-order chi connectivity index (χ1) is 19.2. The van der Waals surface area contributed by atoms with Crippen molar-refractivity contribution in [2.75, 3.05) is 39.8 Å². The van der Waals surface area contributed by atoms with E-state index < -0.39 is 10.2 Å². The van der Waals surface area contributed by atoms with E-state index in [1.165, 1.54) is 8.82 Å². The van der Waals surface area contributed by atoms with Crippen molar-refractivity contribution >= 4 is 21.8 Å². The van der Waals surface area contributed by atoms with Crippen LogP contribution in [0.3, 0.4) is 0 Å². The third kappa shape index (κ3) is 4.92. The van der Waals surface area contributed by atoms with E-state index in [0.29, 0.717) is 69.1 Å². The molecule has 1 amide bonds. The van der Waals surface area contributed by atoms with Crippen LogP contribution in [-0.4, -0.2) is 82.3 Å². The van der Waals surface area contributed by atoms with Gasteiger partial charge in [-0.25, -0.2) is 9.50 Å². The third-order valence-electron chi connectivity index (χ3n) is 8.67. The SMILES string of the molecule is COc1ccc(-c2cc3nc4c(c(=O)n3[nH]2)CN(C(=O)C2CCN(S(=O)(=O)N3CCC(C)CC3)CC2)CC4)cc1. The molecule has 3 aliphatic heterocycles. The van der Waals surface area contributed by atoms with Crippen LogP contribution in [0, 0.1) is 11.8 Å². The number of H-pyrrole nitrogens is 1. The van der Waals surface area contributed by atoms with Crippen LogP contribution in [-0.2, 0) is 28.0 Å². The van der Waals surface area contributed by atoms with Crippen LogP contribution in [0.2, 0.25) is 0 Å². The minimum atomic E-state index is -3.49. The number of aromatic amines is 1. The molecule has 0 radical (unpaired) electrons. The van der Waals surface area contributed by atoms with Crippen LogP contribution >= 0.6 is 0 Å². The minimum absolute atomic E-state index is 0.00982. The van der Waals surface area contributed by atoms with Crippen molar-refractivity contribution in [1.29, 1.82) is 0 Å². The number of amides is 1. The normalized spacial score (nSPS) is 20.1. The lowest BCUT2D eigenvalue weighted by Crippen LogP contribution is -2.51. The van der Waals surface area contributed by atoms with E-state index in [1.54, 1.807) is 16.3 Å². The van der Waals surface area contributed by atoms with Gasteiger partial charge in [0.15, 0.2) is 5.65 Å². The van der Waals surface area contributed by atoms with E-state index in [2.05, 4.69) is 12.0 Å². The molecule has 5 heterocycles. The van der Waals surface area contributed by atoms with Gasteiger partial charge in [-0.2, -0.15) is 17.0 Å². The average molecular weight is 569 g/mol. The van der Waals surface area contributed by atoms with Gasteiger partial charge in [-0.3, -0.25) is 14.7 Å². The summed E-state index contributed by atoms with van der Waals surface area (Å²) in [5.41, 5.74) is 3.28. The monoisotopic (exact) mass is 568 g/mol. The molecule has 6 rings (SSSR count). The third-order valence-corrected chi connectivity index (χ3v) is 10.7. The molecule has 0 bridgehead atoms. The lowest BCUT2D eigenvalue weighted by molar-refractivity contribution is -0.137. The zero-order valence-corrected chi connectivity index (χ0v) is 23.8. The molecular weight excluding hydrogens is 532 g/mol. The number of hydrogen-bond donors (Lipinski definition) is 1. The number of hydrogen-bond acceptors (Lipinski definition) is 6. The maximum atomic E-state index is 13.5. The van der Waals surface area contributed by atoms with Crippen LogP contribution in [0.4, 0.5) is 0 Å². The summed E-state index contributed by atoms with van der Waals surface area (Å²) < 4.78 is 36.1. The summed E-state index contributed by atoms with van der Waals surface area (Å²) in [6.45, 7) is 4.68. The molecule has 0 atom stereocenters. The number of fused-ring (bicyclic) bond motifs is 2. The smallest absolute Gasteiger partial charge is 0.281 e. The molecule has 2 fully saturated rings. The summed E-state index contributed by atoms with van der Waals surface area (Å²) in [7, 11) is -1.88.